The number of esters is 1. The lowest BCUT2D eigenvalue weighted by atomic mass is 10.3. The average Bonchev–Trinajstić information content (AvgIpc) is 2.60. The van der Waals surface area contributed by atoms with Crippen molar-refractivity contribution in [2.75, 3.05) is 19.8 Å². The van der Waals surface area contributed by atoms with E-state index in [1.165, 1.54) is 0 Å². The molecule has 0 aromatic carbocycles. The highest BCUT2D eigenvalue weighted by molar-refractivity contribution is 5.79. The summed E-state index contributed by atoms with van der Waals surface area (Å²) in [6.07, 6.45) is 0. The van der Waals surface area contributed by atoms with E-state index in [-0.39, 0.29) is 11.9 Å². The van der Waals surface area contributed by atoms with Crippen molar-refractivity contribution in [2.24, 2.45) is 17.8 Å². The van der Waals surface area contributed by atoms with Crippen LogP contribution in [0.3, 0.4) is 0 Å². The van der Waals surface area contributed by atoms with Crippen molar-refractivity contribution in [3.63, 3.8) is 0 Å². The highest BCUT2D eigenvalue weighted by atomic mass is 16.5. The fraction of sp³-hybridized carbons (Fsp3) is 0.700. The summed E-state index contributed by atoms with van der Waals surface area (Å²) in [5.41, 5.74) is 1.02. The van der Waals surface area contributed by atoms with Gasteiger partial charge in [-0.3, -0.25) is 4.79 Å². The molecule has 0 bridgehead atoms. The molecule has 1 aliphatic carbocycles. The van der Waals surface area contributed by atoms with Crippen LogP contribution in [0.1, 0.15) is 6.92 Å². The largest absolute Gasteiger partial charge is 0.465 e. The van der Waals surface area contributed by atoms with Crippen LogP contribution in [0.5, 0.6) is 0 Å². The van der Waals surface area contributed by atoms with Gasteiger partial charge in [0.2, 0.25) is 0 Å². The summed E-state index contributed by atoms with van der Waals surface area (Å²) in [6, 6.07) is 0. The number of fused-ring (bicyclic) bond motifs is 1. The summed E-state index contributed by atoms with van der Waals surface area (Å²) in [5, 5.41) is 0. The van der Waals surface area contributed by atoms with Gasteiger partial charge in [-0.2, -0.15) is 0 Å². The molecule has 72 valence electrons. The number of carbonyl (C=O) groups excluding carboxylic acids is 1. The van der Waals surface area contributed by atoms with Crippen LogP contribution < -0.4 is 0 Å². The summed E-state index contributed by atoms with van der Waals surface area (Å²) in [6.45, 7) is 7.56. The number of cyclic esters (lactones) is 1. The minimum Gasteiger partial charge on any atom is -0.465 e. The molecular formula is C10H14O3. The Morgan fingerprint density at radius 2 is 2.54 bits per heavy atom. The number of carbonyl (C=O) groups is 1. The van der Waals surface area contributed by atoms with Gasteiger partial charge in [-0.05, 0) is 6.92 Å². The van der Waals surface area contributed by atoms with Crippen LogP contribution in [0.15, 0.2) is 12.2 Å². The molecule has 2 rings (SSSR count). The van der Waals surface area contributed by atoms with Crippen LogP contribution in [0.2, 0.25) is 0 Å². The summed E-state index contributed by atoms with van der Waals surface area (Å²) < 4.78 is 10.3. The Balaban J connectivity index is 1.69. The quantitative estimate of drug-likeness (QED) is 0.480. The number of hydrogen-bond donors (Lipinski definition) is 0. The molecule has 0 radical (unpaired) electrons. The van der Waals surface area contributed by atoms with Gasteiger partial charge in [0.15, 0.2) is 0 Å². The molecule has 3 heteroatoms. The Labute approximate surface area is 77.7 Å². The highest BCUT2D eigenvalue weighted by Gasteiger charge is 2.60. The van der Waals surface area contributed by atoms with E-state index in [9.17, 15) is 4.79 Å². The fourth-order valence-corrected chi connectivity index (χ4v) is 1.89. The molecule has 1 heterocycles. The molecule has 1 saturated carbocycles. The van der Waals surface area contributed by atoms with Crippen molar-refractivity contribution in [1.29, 1.82) is 0 Å². The molecule has 3 nitrogen and oxygen atoms in total. The van der Waals surface area contributed by atoms with Crippen molar-refractivity contribution >= 4 is 5.97 Å². The minimum absolute atomic E-state index is 0.0334. The van der Waals surface area contributed by atoms with Gasteiger partial charge < -0.3 is 9.47 Å². The smallest absolute Gasteiger partial charge is 0.309 e. The first-order valence-corrected chi connectivity index (χ1v) is 4.59. The normalized spacial score (nSPS) is 35.5. The van der Waals surface area contributed by atoms with Crippen LogP contribution >= 0.6 is 0 Å². The third kappa shape index (κ3) is 1.61. The second-order valence-corrected chi connectivity index (χ2v) is 3.96. The Kier molecular flexibility index (Phi) is 2.12. The number of ether oxygens (including phenoxy) is 2. The van der Waals surface area contributed by atoms with Crippen molar-refractivity contribution in [3.8, 4) is 0 Å². The van der Waals surface area contributed by atoms with Crippen LogP contribution in [-0.4, -0.2) is 25.8 Å². The Morgan fingerprint density at radius 3 is 3.08 bits per heavy atom. The lowest BCUT2D eigenvalue weighted by Crippen LogP contribution is -2.10. The summed E-state index contributed by atoms with van der Waals surface area (Å²) in [4.78, 5) is 11.0. The topological polar surface area (TPSA) is 35.5 Å². The van der Waals surface area contributed by atoms with Gasteiger partial charge in [-0.25, -0.2) is 0 Å². The van der Waals surface area contributed by atoms with Crippen LogP contribution in [-0.2, 0) is 14.3 Å². The molecule has 1 aliphatic heterocycles. The maximum absolute atomic E-state index is 11.0. The third-order valence-electron chi connectivity index (χ3n) is 2.68. The van der Waals surface area contributed by atoms with E-state index in [1.807, 2.05) is 6.92 Å². The van der Waals surface area contributed by atoms with Crippen LogP contribution in [0, 0.1) is 17.8 Å². The van der Waals surface area contributed by atoms with E-state index in [0.29, 0.717) is 31.7 Å². The summed E-state index contributed by atoms with van der Waals surface area (Å²) in [7, 11) is 0. The molecule has 3 atom stereocenters. The molecule has 2 fully saturated rings. The van der Waals surface area contributed by atoms with E-state index in [1.54, 1.807) is 0 Å². The second-order valence-electron chi connectivity index (χ2n) is 3.96. The molecule has 1 saturated heterocycles. The Bertz CT molecular complexity index is 247. The maximum atomic E-state index is 11.0. The molecule has 0 amide bonds. The predicted octanol–water partition coefficient (Wildman–Crippen LogP) is 0.998. The van der Waals surface area contributed by atoms with Crippen LogP contribution in [0.25, 0.3) is 0 Å². The number of rotatable bonds is 4. The van der Waals surface area contributed by atoms with Crippen molar-refractivity contribution < 1.29 is 14.3 Å². The van der Waals surface area contributed by atoms with Gasteiger partial charge in [0.05, 0.1) is 25.7 Å². The zero-order valence-electron chi connectivity index (χ0n) is 7.79. The van der Waals surface area contributed by atoms with E-state index in [0.717, 1.165) is 5.57 Å². The Morgan fingerprint density at radius 1 is 1.77 bits per heavy atom. The molecule has 13 heavy (non-hydrogen) atoms. The first-order valence-electron chi connectivity index (χ1n) is 4.59. The first kappa shape index (κ1) is 8.75. The fourth-order valence-electron chi connectivity index (χ4n) is 1.89. The van der Waals surface area contributed by atoms with Gasteiger partial charge in [0, 0.05) is 11.8 Å². The standard InChI is InChI=1S/C10H14O3/c1-6(2)3-12-4-7-8-5-13-10(11)9(7)8/h7-9H,1,3-5H2,2H3/t7-,8?,9?/m1/s1. The predicted molar refractivity (Wildman–Crippen MR) is 47.1 cm³/mol. The van der Waals surface area contributed by atoms with Gasteiger partial charge >= 0.3 is 5.97 Å². The van der Waals surface area contributed by atoms with Gasteiger partial charge in [0.1, 0.15) is 0 Å². The minimum atomic E-state index is -0.0334. The van der Waals surface area contributed by atoms with E-state index in [4.69, 9.17) is 9.47 Å². The van der Waals surface area contributed by atoms with E-state index < -0.39 is 0 Å². The molecule has 0 aromatic heterocycles. The van der Waals surface area contributed by atoms with Crippen molar-refractivity contribution in [1.82, 2.24) is 0 Å². The van der Waals surface area contributed by atoms with Crippen molar-refractivity contribution in [2.45, 2.75) is 6.92 Å². The lowest BCUT2D eigenvalue weighted by Gasteiger charge is -2.05. The van der Waals surface area contributed by atoms with E-state index >= 15 is 0 Å². The third-order valence-corrected chi connectivity index (χ3v) is 2.68. The zero-order chi connectivity index (χ0) is 9.42. The molecule has 2 unspecified atom stereocenters. The Hall–Kier alpha value is -0.830. The highest BCUT2D eigenvalue weighted by Crippen LogP contribution is 2.51. The molecular weight excluding hydrogens is 168 g/mol. The van der Waals surface area contributed by atoms with Crippen LogP contribution in [0.4, 0.5) is 0 Å². The monoisotopic (exact) mass is 182 g/mol. The van der Waals surface area contributed by atoms with Gasteiger partial charge in [-0.15, -0.1) is 0 Å². The second kappa shape index (κ2) is 3.14. The summed E-state index contributed by atoms with van der Waals surface area (Å²) >= 11 is 0. The van der Waals surface area contributed by atoms with Gasteiger partial charge in [0.25, 0.3) is 0 Å². The molecule has 0 spiro atoms. The van der Waals surface area contributed by atoms with E-state index in [2.05, 4.69) is 6.58 Å². The average molecular weight is 182 g/mol. The molecule has 0 aromatic rings. The lowest BCUT2D eigenvalue weighted by molar-refractivity contribution is -0.142. The molecule has 0 N–H and O–H groups in total. The van der Waals surface area contributed by atoms with Crippen molar-refractivity contribution in [3.05, 3.63) is 12.2 Å². The SMILES string of the molecule is C=C(C)COC[C@@H]1C2COC(=O)C21. The number of hydrogen-bond acceptors (Lipinski definition) is 3. The maximum Gasteiger partial charge on any atom is 0.309 e. The first-order chi connectivity index (χ1) is 6.20. The van der Waals surface area contributed by atoms with Gasteiger partial charge in [-0.1, -0.05) is 12.2 Å². The summed E-state index contributed by atoms with van der Waals surface area (Å²) in [5.74, 6) is 0.970. The zero-order valence-corrected chi connectivity index (χ0v) is 7.79. The molecule has 2 aliphatic rings.